The highest BCUT2D eigenvalue weighted by atomic mass is 35.6. The van der Waals surface area contributed by atoms with Gasteiger partial charge in [0, 0.05) is 43.6 Å². The number of halogens is 3. The molecule has 1 heterocycles. The Morgan fingerprint density at radius 1 is 1.09 bits per heavy atom. The Morgan fingerprint density at radius 2 is 1.76 bits per heavy atom. The number of alkyl halides is 3. The van der Waals surface area contributed by atoms with Gasteiger partial charge in [-0.25, -0.2) is 4.79 Å². The van der Waals surface area contributed by atoms with Crippen LogP contribution in [0.15, 0.2) is 109 Å². The molecule has 3 amide bonds. The van der Waals surface area contributed by atoms with Gasteiger partial charge in [-0.2, -0.15) is 0 Å². The molecule has 4 rings (SSSR count). The van der Waals surface area contributed by atoms with Crippen LogP contribution in [0.3, 0.4) is 0 Å². The Kier molecular flexibility index (Phi) is 13.2. The second-order valence-corrected chi connectivity index (χ2v) is 13.5. The van der Waals surface area contributed by atoms with E-state index in [1.807, 2.05) is 85.8 Å². The van der Waals surface area contributed by atoms with Gasteiger partial charge >= 0.3 is 6.03 Å². The van der Waals surface area contributed by atoms with Crippen molar-refractivity contribution in [1.29, 1.82) is 0 Å². The van der Waals surface area contributed by atoms with Crippen LogP contribution in [0.1, 0.15) is 25.3 Å². The second-order valence-electron chi connectivity index (χ2n) is 11.2. The first kappa shape index (κ1) is 35.6. The van der Waals surface area contributed by atoms with Crippen LogP contribution in [0, 0.1) is 0 Å². The number of morpholine rings is 1. The fraction of sp³-hybridized carbons (Fsp3) is 0.371. The summed E-state index contributed by atoms with van der Waals surface area (Å²) in [5.41, 5.74) is 2.35. The van der Waals surface area contributed by atoms with Crippen LogP contribution in [0.25, 0.3) is 0 Å². The lowest BCUT2D eigenvalue weighted by molar-refractivity contribution is -0.121. The first-order valence-corrected chi connectivity index (χ1v) is 16.4. The maximum absolute atomic E-state index is 13.9. The number of nitrogens with zero attached hydrogens (tertiary/aromatic N) is 2. The molecule has 11 heteroatoms. The highest BCUT2D eigenvalue weighted by Gasteiger charge is 2.41. The molecule has 246 valence electrons. The Hall–Kier alpha value is -3.27. The Morgan fingerprint density at radius 3 is 2.39 bits per heavy atom. The SMILES string of the molecule is C=C/C(=C\C(=C/C)OCCN1CCOCC1)N(CC1=CC(Cc2ccccc2)(NC(=O)C(Cl)(Cl)Cl)CC1)C(=O)Nc1ccccc1. The van der Waals surface area contributed by atoms with Crippen molar-refractivity contribution >= 4 is 52.4 Å². The lowest BCUT2D eigenvalue weighted by atomic mass is 9.90. The van der Waals surface area contributed by atoms with Gasteiger partial charge in [-0.15, -0.1) is 0 Å². The third-order valence-corrected chi connectivity index (χ3v) is 8.38. The molecule has 0 bridgehead atoms. The predicted molar refractivity (Wildman–Crippen MR) is 186 cm³/mol. The van der Waals surface area contributed by atoms with Gasteiger partial charge < -0.3 is 20.1 Å². The van der Waals surface area contributed by atoms with E-state index in [-0.39, 0.29) is 12.6 Å². The second kappa shape index (κ2) is 17.0. The lowest BCUT2D eigenvalue weighted by Crippen LogP contribution is -2.51. The molecule has 2 N–H and O–H groups in total. The van der Waals surface area contributed by atoms with E-state index in [2.05, 4.69) is 22.1 Å². The van der Waals surface area contributed by atoms with Gasteiger partial charge in [0.15, 0.2) is 0 Å². The highest BCUT2D eigenvalue weighted by molar-refractivity contribution is 6.76. The summed E-state index contributed by atoms with van der Waals surface area (Å²) in [5, 5.41) is 5.97. The molecule has 0 radical (unpaired) electrons. The minimum atomic E-state index is -2.12. The first-order valence-electron chi connectivity index (χ1n) is 15.3. The van der Waals surface area contributed by atoms with Crippen LogP contribution in [0.5, 0.6) is 0 Å². The maximum atomic E-state index is 13.9. The summed E-state index contributed by atoms with van der Waals surface area (Å²) < 4.78 is 9.43. The van der Waals surface area contributed by atoms with Crippen LogP contribution < -0.4 is 10.6 Å². The molecule has 2 aromatic carbocycles. The number of carbonyl (C=O) groups is 2. The molecule has 46 heavy (non-hydrogen) atoms. The van der Waals surface area contributed by atoms with Crippen LogP contribution in [0.2, 0.25) is 0 Å². The van der Waals surface area contributed by atoms with Gasteiger partial charge in [-0.1, -0.05) is 102 Å². The molecule has 8 nitrogen and oxygen atoms in total. The number of nitrogens with one attached hydrogen (secondary N) is 2. The smallest absolute Gasteiger partial charge is 0.326 e. The normalized spacial score (nSPS) is 19.3. The van der Waals surface area contributed by atoms with E-state index in [9.17, 15) is 9.59 Å². The number of rotatable bonds is 13. The Balaban J connectivity index is 1.60. The third kappa shape index (κ3) is 10.6. The number of allylic oxidation sites excluding steroid dienone is 3. The van der Waals surface area contributed by atoms with Crippen molar-refractivity contribution in [3.8, 4) is 0 Å². The van der Waals surface area contributed by atoms with E-state index < -0.39 is 15.2 Å². The van der Waals surface area contributed by atoms with Crippen molar-refractivity contribution in [2.24, 2.45) is 0 Å². The van der Waals surface area contributed by atoms with Crippen molar-refractivity contribution in [3.63, 3.8) is 0 Å². The average molecular weight is 688 g/mol. The summed E-state index contributed by atoms with van der Waals surface area (Å²) in [6, 6.07) is 18.7. The van der Waals surface area contributed by atoms with Gasteiger partial charge in [0.05, 0.1) is 18.8 Å². The van der Waals surface area contributed by atoms with E-state index >= 15 is 0 Å². The van der Waals surface area contributed by atoms with Crippen molar-refractivity contribution in [2.75, 3.05) is 51.3 Å². The summed E-state index contributed by atoms with van der Waals surface area (Å²) in [4.78, 5) is 30.7. The largest absolute Gasteiger partial charge is 0.493 e. The van der Waals surface area contributed by atoms with Crippen molar-refractivity contribution in [1.82, 2.24) is 15.1 Å². The summed E-state index contributed by atoms with van der Waals surface area (Å²) >= 11 is 17.9. The molecule has 0 spiro atoms. The molecule has 0 saturated carbocycles. The number of hydrogen-bond donors (Lipinski definition) is 2. The summed E-state index contributed by atoms with van der Waals surface area (Å²) in [5.74, 6) is -0.0855. The number of ether oxygens (including phenoxy) is 2. The van der Waals surface area contributed by atoms with E-state index in [0.29, 0.717) is 43.0 Å². The van der Waals surface area contributed by atoms with Crippen molar-refractivity contribution in [3.05, 3.63) is 114 Å². The van der Waals surface area contributed by atoms with Crippen LogP contribution in [-0.4, -0.2) is 77.1 Å². The minimum absolute atomic E-state index is 0.238. The minimum Gasteiger partial charge on any atom is -0.493 e. The van der Waals surface area contributed by atoms with Crippen LogP contribution in [-0.2, 0) is 20.7 Å². The number of amides is 3. The summed E-state index contributed by atoms with van der Waals surface area (Å²) in [7, 11) is 0. The molecule has 1 saturated heterocycles. The van der Waals surface area contributed by atoms with Gasteiger partial charge in [0.25, 0.3) is 9.70 Å². The lowest BCUT2D eigenvalue weighted by Gasteiger charge is -2.30. The molecule has 2 aliphatic rings. The first-order chi connectivity index (χ1) is 22.1. The molecule has 1 aliphatic carbocycles. The number of urea groups is 1. The summed E-state index contributed by atoms with van der Waals surface area (Å²) in [6.07, 6.45) is 8.97. The summed E-state index contributed by atoms with van der Waals surface area (Å²) in [6.45, 7) is 10.6. The molecule has 1 fully saturated rings. The number of para-hydroxylation sites is 1. The predicted octanol–water partition coefficient (Wildman–Crippen LogP) is 7.03. The quantitative estimate of drug-likeness (QED) is 0.102. The monoisotopic (exact) mass is 686 g/mol. The van der Waals surface area contributed by atoms with E-state index in [1.165, 1.54) is 0 Å². The molecular weight excluding hydrogens is 647 g/mol. The van der Waals surface area contributed by atoms with Gasteiger partial charge in [-0.3, -0.25) is 14.6 Å². The van der Waals surface area contributed by atoms with Gasteiger partial charge in [0.1, 0.15) is 12.4 Å². The van der Waals surface area contributed by atoms with E-state index in [4.69, 9.17) is 44.3 Å². The van der Waals surface area contributed by atoms with E-state index in [1.54, 1.807) is 11.0 Å². The third-order valence-electron chi connectivity index (χ3n) is 7.86. The molecule has 1 aliphatic heterocycles. The van der Waals surface area contributed by atoms with Gasteiger partial charge in [0.2, 0.25) is 0 Å². The van der Waals surface area contributed by atoms with Crippen LogP contribution in [0.4, 0.5) is 10.5 Å². The topological polar surface area (TPSA) is 83.1 Å². The zero-order chi connectivity index (χ0) is 33.0. The molecule has 1 unspecified atom stereocenters. The Bertz CT molecular complexity index is 1420. The highest BCUT2D eigenvalue weighted by Crippen LogP contribution is 2.35. The molecule has 0 aromatic heterocycles. The van der Waals surface area contributed by atoms with Gasteiger partial charge in [-0.05, 0) is 56.0 Å². The van der Waals surface area contributed by atoms with Crippen molar-refractivity contribution < 1.29 is 19.1 Å². The average Bonchev–Trinajstić information content (AvgIpc) is 3.44. The number of benzene rings is 2. The van der Waals surface area contributed by atoms with Crippen LogP contribution >= 0.6 is 34.8 Å². The molecule has 1 atom stereocenters. The fourth-order valence-corrected chi connectivity index (χ4v) is 5.64. The number of hydrogen-bond acceptors (Lipinski definition) is 5. The maximum Gasteiger partial charge on any atom is 0.326 e. The number of anilines is 1. The Labute approximate surface area is 286 Å². The van der Waals surface area contributed by atoms with Crippen molar-refractivity contribution in [2.45, 2.75) is 35.5 Å². The molecule has 2 aromatic rings. The fourth-order valence-electron chi connectivity index (χ4n) is 5.50. The standard InChI is InChI=1S/C35H41Cl3N4O4/c1-3-30(23-31(4-2)46-22-19-41-17-20-45-21-18-41)42(33(44)39-29-13-9-6-10-14-29)26-28-15-16-34(25-28,40-32(43)35(36,37)38)24-27-11-7-5-8-12-27/h3-14,23,25H,1,15-22,24,26H2,2H3,(H,39,44)(H,40,43)/b30-23+,31-4+. The number of carbonyl (C=O) groups excluding carboxylic acids is 2. The zero-order valence-corrected chi connectivity index (χ0v) is 28.3. The zero-order valence-electron chi connectivity index (χ0n) is 26.0. The van der Waals surface area contributed by atoms with E-state index in [0.717, 1.165) is 44.0 Å². The molecular formula is C35H41Cl3N4O4.